The van der Waals surface area contributed by atoms with Gasteiger partial charge in [-0.15, -0.1) is 0 Å². The van der Waals surface area contributed by atoms with Gasteiger partial charge in [0.25, 0.3) is 0 Å². The van der Waals surface area contributed by atoms with Crippen LogP contribution in [0.4, 0.5) is 8.78 Å². The minimum absolute atomic E-state index is 0.100. The number of hydrogen-bond donors (Lipinski definition) is 2. The third-order valence-corrected chi connectivity index (χ3v) is 8.88. The van der Waals surface area contributed by atoms with Crippen LogP contribution in [-0.4, -0.2) is 67.0 Å². The van der Waals surface area contributed by atoms with E-state index in [9.17, 15) is 19.0 Å². The third-order valence-electron chi connectivity index (χ3n) is 8.88. The normalized spacial score (nSPS) is 30.4. The van der Waals surface area contributed by atoms with Crippen LogP contribution in [0, 0.1) is 5.92 Å². The van der Waals surface area contributed by atoms with Gasteiger partial charge in [0.2, 0.25) is 17.7 Å². The minimum Gasteiger partial charge on any atom is -0.481 e. The van der Waals surface area contributed by atoms with E-state index in [0.717, 1.165) is 11.1 Å². The SMILES string of the molecule is COc1cc2c(c(OC)n1)[C@]1(O)[C@H](O)[C@H](CN(C)C)[C@@H](c3ccccc3)[C@]1(c1ccc(C3CC(F)(F)C3)cc1)O2. The summed E-state index contributed by atoms with van der Waals surface area (Å²) >= 11 is 0. The van der Waals surface area contributed by atoms with Crippen LogP contribution in [0.1, 0.15) is 46.9 Å². The molecular weight excluding hydrogens is 518 g/mol. The molecule has 0 amide bonds. The van der Waals surface area contributed by atoms with Crippen molar-refractivity contribution in [3.05, 3.63) is 82.9 Å². The highest BCUT2D eigenvalue weighted by molar-refractivity contribution is 5.60. The van der Waals surface area contributed by atoms with Gasteiger partial charge in [-0.2, -0.15) is 4.98 Å². The first-order valence-corrected chi connectivity index (χ1v) is 13.5. The number of nitrogens with zero attached hydrogens (tertiary/aromatic N) is 2. The second-order valence-corrected chi connectivity index (χ2v) is 11.5. The van der Waals surface area contributed by atoms with E-state index in [1.165, 1.54) is 14.2 Å². The molecule has 2 saturated carbocycles. The first-order valence-electron chi connectivity index (χ1n) is 13.5. The Morgan fingerprint density at radius 2 is 1.68 bits per heavy atom. The van der Waals surface area contributed by atoms with Gasteiger partial charge >= 0.3 is 0 Å². The number of aliphatic hydroxyl groups is 2. The second-order valence-electron chi connectivity index (χ2n) is 11.5. The van der Waals surface area contributed by atoms with Crippen LogP contribution in [0.15, 0.2) is 60.7 Å². The zero-order valence-electron chi connectivity index (χ0n) is 23.0. The van der Waals surface area contributed by atoms with Crippen molar-refractivity contribution >= 4 is 0 Å². The number of methoxy groups -OCH3 is 2. The molecule has 0 spiro atoms. The van der Waals surface area contributed by atoms with Gasteiger partial charge in [0.1, 0.15) is 5.75 Å². The Kier molecular flexibility index (Phi) is 6.32. The molecule has 2 aromatic carbocycles. The van der Waals surface area contributed by atoms with E-state index < -0.39 is 35.1 Å². The van der Waals surface area contributed by atoms with Crippen LogP contribution < -0.4 is 14.2 Å². The zero-order valence-corrected chi connectivity index (χ0v) is 23.0. The van der Waals surface area contributed by atoms with E-state index in [4.69, 9.17) is 14.2 Å². The molecular formula is C31H34F2N2O5. The molecule has 2 N–H and O–H groups in total. The first kappa shape index (κ1) is 26.9. The lowest BCUT2D eigenvalue weighted by molar-refractivity contribution is -0.152. The molecule has 212 valence electrons. The lowest BCUT2D eigenvalue weighted by Crippen LogP contribution is -2.52. The van der Waals surface area contributed by atoms with Crippen molar-refractivity contribution in [2.24, 2.45) is 5.92 Å². The number of ether oxygens (including phenoxy) is 3. The highest BCUT2D eigenvalue weighted by Crippen LogP contribution is 2.70. The minimum atomic E-state index is -2.63. The molecule has 2 aliphatic carbocycles. The van der Waals surface area contributed by atoms with Crippen LogP contribution in [0.5, 0.6) is 17.5 Å². The zero-order chi connectivity index (χ0) is 28.4. The topological polar surface area (TPSA) is 84.3 Å². The monoisotopic (exact) mass is 552 g/mol. The number of benzene rings is 2. The summed E-state index contributed by atoms with van der Waals surface area (Å²) in [6, 6.07) is 18.6. The van der Waals surface area contributed by atoms with Gasteiger partial charge in [0, 0.05) is 37.3 Å². The summed E-state index contributed by atoms with van der Waals surface area (Å²) in [5.41, 5.74) is -0.867. The van der Waals surface area contributed by atoms with Crippen molar-refractivity contribution in [3.63, 3.8) is 0 Å². The molecule has 0 unspecified atom stereocenters. The van der Waals surface area contributed by atoms with E-state index in [1.807, 2.05) is 73.6 Å². The van der Waals surface area contributed by atoms with E-state index in [1.54, 1.807) is 6.07 Å². The summed E-state index contributed by atoms with van der Waals surface area (Å²) in [4.78, 5) is 6.40. The fourth-order valence-electron chi connectivity index (χ4n) is 7.19. The molecule has 6 rings (SSSR count). The third kappa shape index (κ3) is 3.74. The van der Waals surface area contributed by atoms with E-state index in [-0.39, 0.29) is 36.1 Å². The number of hydrogen-bond acceptors (Lipinski definition) is 7. The molecule has 0 radical (unpaired) electrons. The summed E-state index contributed by atoms with van der Waals surface area (Å²) < 4.78 is 45.1. The molecule has 0 bridgehead atoms. The van der Waals surface area contributed by atoms with Crippen molar-refractivity contribution in [2.75, 3.05) is 34.9 Å². The predicted octanol–water partition coefficient (Wildman–Crippen LogP) is 4.42. The van der Waals surface area contributed by atoms with Crippen LogP contribution >= 0.6 is 0 Å². The van der Waals surface area contributed by atoms with Gasteiger partial charge < -0.3 is 29.3 Å². The Morgan fingerprint density at radius 3 is 2.25 bits per heavy atom. The van der Waals surface area contributed by atoms with Crippen molar-refractivity contribution in [1.29, 1.82) is 0 Å². The number of aliphatic hydroxyl groups excluding tert-OH is 1. The Balaban J connectivity index is 1.59. The summed E-state index contributed by atoms with van der Waals surface area (Å²) in [7, 11) is 6.77. The van der Waals surface area contributed by atoms with Crippen LogP contribution in [0.2, 0.25) is 0 Å². The van der Waals surface area contributed by atoms with Gasteiger partial charge in [0.05, 0.1) is 25.9 Å². The quantitative estimate of drug-likeness (QED) is 0.449. The van der Waals surface area contributed by atoms with Crippen LogP contribution in [0.25, 0.3) is 0 Å². The van der Waals surface area contributed by atoms with Gasteiger partial charge in [-0.3, -0.25) is 0 Å². The maximum atomic E-state index is 13.6. The number of halogens is 2. The van der Waals surface area contributed by atoms with E-state index in [0.29, 0.717) is 17.9 Å². The van der Waals surface area contributed by atoms with E-state index in [2.05, 4.69) is 4.98 Å². The number of fused-ring (bicyclic) bond motifs is 3. The summed E-state index contributed by atoms with van der Waals surface area (Å²) in [6.45, 7) is 0.463. The van der Waals surface area contributed by atoms with Crippen LogP contribution in [0.3, 0.4) is 0 Å². The van der Waals surface area contributed by atoms with Gasteiger partial charge in [-0.1, -0.05) is 54.6 Å². The maximum Gasteiger partial charge on any atom is 0.249 e. The summed E-state index contributed by atoms with van der Waals surface area (Å²) in [6.07, 6.45) is -1.62. The molecule has 3 aromatic rings. The van der Waals surface area contributed by atoms with E-state index >= 15 is 0 Å². The van der Waals surface area contributed by atoms with Crippen molar-refractivity contribution in [1.82, 2.24) is 9.88 Å². The predicted molar refractivity (Wildman–Crippen MR) is 144 cm³/mol. The fourth-order valence-corrected chi connectivity index (χ4v) is 7.19. The second kappa shape index (κ2) is 9.39. The molecule has 1 aromatic heterocycles. The lowest BCUT2D eigenvalue weighted by Gasteiger charge is -2.41. The number of rotatable bonds is 7. The molecule has 2 fully saturated rings. The van der Waals surface area contributed by atoms with Gasteiger partial charge in [-0.05, 0) is 36.7 Å². The molecule has 40 heavy (non-hydrogen) atoms. The molecule has 7 nitrogen and oxygen atoms in total. The fraction of sp³-hybridized carbons (Fsp3) is 0.452. The molecule has 3 aliphatic rings. The Labute approximate surface area is 232 Å². The Bertz CT molecular complexity index is 1390. The molecule has 9 heteroatoms. The average Bonchev–Trinajstić information content (AvgIpc) is 3.29. The molecule has 2 heterocycles. The summed E-state index contributed by atoms with van der Waals surface area (Å²) in [5, 5.41) is 25.0. The maximum absolute atomic E-state index is 13.6. The highest BCUT2D eigenvalue weighted by Gasteiger charge is 2.77. The van der Waals surface area contributed by atoms with Crippen LogP contribution in [-0.2, 0) is 11.2 Å². The number of pyridine rings is 1. The molecule has 5 atom stereocenters. The Morgan fingerprint density at radius 1 is 1.00 bits per heavy atom. The Hall–Kier alpha value is -3.27. The first-order chi connectivity index (χ1) is 19.1. The molecule has 1 aliphatic heterocycles. The molecule has 0 saturated heterocycles. The average molecular weight is 553 g/mol. The lowest BCUT2D eigenvalue weighted by atomic mass is 9.70. The smallest absolute Gasteiger partial charge is 0.249 e. The van der Waals surface area contributed by atoms with Crippen molar-refractivity contribution in [3.8, 4) is 17.5 Å². The van der Waals surface area contributed by atoms with Crippen molar-refractivity contribution in [2.45, 2.75) is 47.9 Å². The van der Waals surface area contributed by atoms with Gasteiger partial charge in [0.15, 0.2) is 11.2 Å². The standard InChI is InChI=1S/C31H34F2N2O5/c1-35(2)17-22-25(19-8-6-5-7-9-19)31(21-12-10-18(11-13-21)20-15-29(32,33)16-20)30(37,27(22)36)26-23(40-31)14-24(38-3)34-28(26)39-4/h5-14,20,22,25,27,36-37H,15-17H2,1-4H3/t22-,25-,27-,30+,31+/m1/s1. The number of alkyl halides is 2. The number of aromatic nitrogens is 1. The summed E-state index contributed by atoms with van der Waals surface area (Å²) in [5.74, 6) is -3.16. The van der Waals surface area contributed by atoms with Crippen molar-refractivity contribution < 1.29 is 33.2 Å². The largest absolute Gasteiger partial charge is 0.481 e. The van der Waals surface area contributed by atoms with Gasteiger partial charge in [-0.25, -0.2) is 8.78 Å². The highest BCUT2D eigenvalue weighted by atomic mass is 19.3.